The number of hydrogen-bond acceptors (Lipinski definition) is 2. The molecule has 1 aliphatic heterocycles. The van der Waals surface area contributed by atoms with Crippen LogP contribution in [0, 0.1) is 0 Å². The van der Waals surface area contributed by atoms with Gasteiger partial charge in [-0.15, -0.1) is 0 Å². The van der Waals surface area contributed by atoms with Crippen molar-refractivity contribution in [2.45, 2.75) is 5.92 Å². The minimum Gasteiger partial charge on any atom is -0.295 e. The van der Waals surface area contributed by atoms with Gasteiger partial charge in [0.2, 0.25) is 0 Å². The van der Waals surface area contributed by atoms with Crippen LogP contribution in [0.5, 0.6) is 0 Å². The van der Waals surface area contributed by atoms with Gasteiger partial charge in [0.05, 0.1) is 5.92 Å². The molecule has 0 radical (unpaired) electrons. The molecule has 0 unspecified atom stereocenters. The Bertz CT molecular complexity index is 611. The minimum absolute atomic E-state index is 0.103. The fourth-order valence-corrected chi connectivity index (χ4v) is 2.76. The van der Waals surface area contributed by atoms with Crippen molar-refractivity contribution in [1.82, 2.24) is 4.90 Å². The number of rotatable bonds is 5. The molecule has 0 fully saturated rings. The van der Waals surface area contributed by atoms with Crippen LogP contribution in [-0.2, 0) is 0 Å². The average Bonchev–Trinajstić information content (AvgIpc) is 3.07. The summed E-state index contributed by atoms with van der Waals surface area (Å²) in [6, 6.07) is 19.7. The van der Waals surface area contributed by atoms with Gasteiger partial charge in [0.25, 0.3) is 0 Å². The first kappa shape index (κ1) is 13.8. The summed E-state index contributed by atoms with van der Waals surface area (Å²) in [7, 11) is 0. The summed E-state index contributed by atoms with van der Waals surface area (Å²) in [4.78, 5) is 15.2. The molecular formula is C19H19NO. The zero-order valence-corrected chi connectivity index (χ0v) is 12.0. The fraction of sp³-hybridized carbons (Fsp3) is 0.211. The highest BCUT2D eigenvalue weighted by Crippen LogP contribution is 2.23. The van der Waals surface area contributed by atoms with Crippen LogP contribution < -0.4 is 0 Å². The second-order valence-electron chi connectivity index (χ2n) is 5.38. The number of Topliss-reactive ketones (excluding diaryl/α,β-unsaturated/α-hetero) is 1. The molecule has 106 valence electrons. The topological polar surface area (TPSA) is 20.3 Å². The Balaban J connectivity index is 1.86. The van der Waals surface area contributed by atoms with E-state index in [0.717, 1.165) is 30.8 Å². The summed E-state index contributed by atoms with van der Waals surface area (Å²) in [5.74, 6) is 0.0993. The van der Waals surface area contributed by atoms with Crippen molar-refractivity contribution in [2.75, 3.05) is 19.6 Å². The van der Waals surface area contributed by atoms with Gasteiger partial charge in [0.1, 0.15) is 0 Å². The Hall–Kier alpha value is -2.19. The van der Waals surface area contributed by atoms with E-state index in [1.54, 1.807) is 0 Å². The molecule has 0 N–H and O–H groups in total. The molecule has 0 spiro atoms. The normalized spacial score (nSPS) is 16.0. The number of carbonyl (C=O) groups is 1. The van der Waals surface area contributed by atoms with E-state index >= 15 is 0 Å². The number of carbonyl (C=O) groups excluding carboxylic acids is 1. The molecular weight excluding hydrogens is 258 g/mol. The molecule has 0 saturated carbocycles. The van der Waals surface area contributed by atoms with Gasteiger partial charge in [-0.1, -0.05) is 72.8 Å². The van der Waals surface area contributed by atoms with Crippen LogP contribution in [0.4, 0.5) is 0 Å². The van der Waals surface area contributed by atoms with Crippen molar-refractivity contribution >= 4 is 5.78 Å². The number of nitrogens with zero attached hydrogens (tertiary/aromatic N) is 1. The second kappa shape index (κ2) is 6.51. The molecule has 0 saturated heterocycles. The monoisotopic (exact) mass is 277 g/mol. The number of benzene rings is 2. The zero-order chi connectivity index (χ0) is 14.5. The van der Waals surface area contributed by atoms with E-state index in [1.165, 1.54) is 0 Å². The highest BCUT2D eigenvalue weighted by Gasteiger charge is 2.24. The standard InChI is InChI=1S/C19H19NO/c21-19(17-11-5-2-6-12-17)18(15-20-13-7-8-14-20)16-9-3-1-4-10-16/h1-12,18H,13-15H2/t18-/m1/s1. The summed E-state index contributed by atoms with van der Waals surface area (Å²) >= 11 is 0. The quantitative estimate of drug-likeness (QED) is 0.615. The summed E-state index contributed by atoms with van der Waals surface area (Å²) in [6.45, 7) is 2.64. The first-order chi connectivity index (χ1) is 10.3. The Labute approximate surface area is 125 Å². The lowest BCUT2D eigenvalue weighted by Crippen LogP contribution is -2.30. The first-order valence-electron chi connectivity index (χ1n) is 7.36. The molecule has 0 amide bonds. The molecule has 0 aromatic heterocycles. The number of ketones is 1. The molecule has 2 nitrogen and oxygen atoms in total. The molecule has 3 rings (SSSR count). The van der Waals surface area contributed by atoms with Gasteiger partial charge in [-0.2, -0.15) is 0 Å². The van der Waals surface area contributed by atoms with Crippen molar-refractivity contribution < 1.29 is 4.79 Å². The Morgan fingerprint density at radius 2 is 1.48 bits per heavy atom. The van der Waals surface area contributed by atoms with E-state index in [9.17, 15) is 4.79 Å². The van der Waals surface area contributed by atoms with E-state index in [2.05, 4.69) is 29.2 Å². The van der Waals surface area contributed by atoms with Crippen molar-refractivity contribution in [3.05, 3.63) is 83.9 Å². The second-order valence-corrected chi connectivity index (χ2v) is 5.38. The first-order valence-corrected chi connectivity index (χ1v) is 7.36. The smallest absolute Gasteiger partial charge is 0.171 e. The Morgan fingerprint density at radius 3 is 2.10 bits per heavy atom. The van der Waals surface area contributed by atoms with E-state index in [-0.39, 0.29) is 11.7 Å². The molecule has 2 aromatic carbocycles. The lowest BCUT2D eigenvalue weighted by atomic mass is 9.90. The van der Waals surface area contributed by atoms with Crippen LogP contribution in [0.15, 0.2) is 72.8 Å². The van der Waals surface area contributed by atoms with Gasteiger partial charge in [0.15, 0.2) is 5.78 Å². The summed E-state index contributed by atoms with van der Waals surface area (Å²) in [5, 5.41) is 0. The largest absolute Gasteiger partial charge is 0.295 e. The molecule has 1 heterocycles. The van der Waals surface area contributed by atoms with Crippen LogP contribution in [0.25, 0.3) is 0 Å². The lowest BCUT2D eigenvalue weighted by molar-refractivity contribution is 0.0941. The van der Waals surface area contributed by atoms with E-state index in [0.29, 0.717) is 0 Å². The molecule has 0 aliphatic carbocycles. The maximum absolute atomic E-state index is 12.9. The summed E-state index contributed by atoms with van der Waals surface area (Å²) in [6.07, 6.45) is 4.32. The van der Waals surface area contributed by atoms with Gasteiger partial charge in [-0.3, -0.25) is 9.69 Å². The highest BCUT2D eigenvalue weighted by atomic mass is 16.1. The molecule has 2 aromatic rings. The SMILES string of the molecule is O=C(c1ccccc1)[C@H](CN1CC=CC1)c1ccccc1. The zero-order valence-electron chi connectivity index (χ0n) is 12.0. The minimum atomic E-state index is -0.103. The van der Waals surface area contributed by atoms with Crippen LogP contribution in [0.3, 0.4) is 0 Å². The molecule has 1 aliphatic rings. The molecule has 1 atom stereocenters. The Kier molecular flexibility index (Phi) is 4.27. The van der Waals surface area contributed by atoms with E-state index < -0.39 is 0 Å². The predicted molar refractivity (Wildman–Crippen MR) is 85.5 cm³/mol. The maximum atomic E-state index is 12.9. The van der Waals surface area contributed by atoms with Crippen LogP contribution >= 0.6 is 0 Å². The van der Waals surface area contributed by atoms with Gasteiger partial charge in [-0.25, -0.2) is 0 Å². The van der Waals surface area contributed by atoms with Crippen molar-refractivity contribution in [2.24, 2.45) is 0 Å². The maximum Gasteiger partial charge on any atom is 0.171 e. The van der Waals surface area contributed by atoms with Crippen molar-refractivity contribution in [3.8, 4) is 0 Å². The molecule has 0 bridgehead atoms. The number of hydrogen-bond donors (Lipinski definition) is 0. The lowest BCUT2D eigenvalue weighted by Gasteiger charge is -2.23. The van der Waals surface area contributed by atoms with Gasteiger partial charge in [0, 0.05) is 25.2 Å². The summed E-state index contributed by atoms with van der Waals surface area (Å²) in [5.41, 5.74) is 1.89. The van der Waals surface area contributed by atoms with E-state index in [1.807, 2.05) is 48.5 Å². The predicted octanol–water partition coefficient (Wildman–Crippen LogP) is 3.52. The third-order valence-corrected chi connectivity index (χ3v) is 3.91. The summed E-state index contributed by atoms with van der Waals surface area (Å²) < 4.78 is 0. The van der Waals surface area contributed by atoms with Gasteiger partial charge < -0.3 is 0 Å². The van der Waals surface area contributed by atoms with Gasteiger partial charge >= 0.3 is 0 Å². The van der Waals surface area contributed by atoms with E-state index in [4.69, 9.17) is 0 Å². The third kappa shape index (κ3) is 3.29. The van der Waals surface area contributed by atoms with Gasteiger partial charge in [-0.05, 0) is 5.56 Å². The van der Waals surface area contributed by atoms with Crippen LogP contribution in [-0.4, -0.2) is 30.3 Å². The Morgan fingerprint density at radius 1 is 0.905 bits per heavy atom. The average molecular weight is 277 g/mol. The van der Waals surface area contributed by atoms with Crippen molar-refractivity contribution in [1.29, 1.82) is 0 Å². The highest BCUT2D eigenvalue weighted by molar-refractivity contribution is 6.01. The molecule has 2 heteroatoms. The fourth-order valence-electron chi connectivity index (χ4n) is 2.76. The molecule has 21 heavy (non-hydrogen) atoms. The van der Waals surface area contributed by atoms with Crippen LogP contribution in [0.1, 0.15) is 21.8 Å². The van der Waals surface area contributed by atoms with Crippen LogP contribution in [0.2, 0.25) is 0 Å². The van der Waals surface area contributed by atoms with Crippen molar-refractivity contribution in [3.63, 3.8) is 0 Å². The third-order valence-electron chi connectivity index (χ3n) is 3.91.